The number of carboxylic acid groups (broad SMARTS) is 1. The van der Waals surface area contributed by atoms with Crippen molar-refractivity contribution in [2.75, 3.05) is 11.4 Å². The van der Waals surface area contributed by atoms with E-state index in [1.54, 1.807) is 4.90 Å². The molecule has 2 rings (SSSR count). The summed E-state index contributed by atoms with van der Waals surface area (Å²) in [5, 5.41) is 9.33. The fourth-order valence-corrected chi connectivity index (χ4v) is 2.46. The number of anilines is 1. The Balaban J connectivity index is 2.35. The highest BCUT2D eigenvalue weighted by atomic mass is 16.4. The average Bonchev–Trinajstić information content (AvgIpc) is 2.37. The van der Waals surface area contributed by atoms with Crippen molar-refractivity contribution in [2.24, 2.45) is 5.92 Å². The molecule has 1 saturated heterocycles. The second-order valence-corrected chi connectivity index (χ2v) is 5.08. The first-order valence-corrected chi connectivity index (χ1v) is 6.61. The number of H-pyrrole nitrogens is 1. The number of rotatable bonds is 3. The van der Waals surface area contributed by atoms with E-state index in [4.69, 9.17) is 0 Å². The molecule has 6 heteroatoms. The van der Waals surface area contributed by atoms with Gasteiger partial charge in [-0.3, -0.25) is 4.79 Å². The van der Waals surface area contributed by atoms with Gasteiger partial charge in [0.25, 0.3) is 5.56 Å². The van der Waals surface area contributed by atoms with E-state index in [0.29, 0.717) is 36.9 Å². The van der Waals surface area contributed by atoms with Gasteiger partial charge in [0.05, 0.1) is 0 Å². The molecule has 1 aromatic heterocycles. The zero-order valence-corrected chi connectivity index (χ0v) is 11.2. The molecule has 1 fully saturated rings. The van der Waals surface area contributed by atoms with Crippen LogP contribution in [-0.2, 0) is 11.2 Å². The van der Waals surface area contributed by atoms with Crippen LogP contribution in [0.2, 0.25) is 0 Å². The monoisotopic (exact) mass is 265 g/mol. The largest absolute Gasteiger partial charge is 0.480 e. The zero-order valence-electron chi connectivity index (χ0n) is 11.2. The molecule has 0 aliphatic carbocycles. The van der Waals surface area contributed by atoms with Crippen LogP contribution < -0.4 is 10.5 Å². The van der Waals surface area contributed by atoms with E-state index in [9.17, 15) is 14.7 Å². The fourth-order valence-electron chi connectivity index (χ4n) is 2.46. The van der Waals surface area contributed by atoms with Crippen LogP contribution in [0.5, 0.6) is 0 Å². The Kier molecular flexibility index (Phi) is 3.87. The standard InChI is InChI=1S/C13H19N3O3/c1-3-10-14-11(7-12(17)15-10)16-5-4-8(2)6-9(16)13(18)19/h7-9H,3-6H2,1-2H3,(H,18,19)(H,14,15,17). The minimum Gasteiger partial charge on any atom is -0.480 e. The molecule has 1 aliphatic rings. The Morgan fingerprint density at radius 3 is 3.00 bits per heavy atom. The maximum absolute atomic E-state index is 11.6. The lowest BCUT2D eigenvalue weighted by Gasteiger charge is -2.36. The predicted octanol–water partition coefficient (Wildman–Crippen LogP) is 1.02. The third-order valence-corrected chi connectivity index (χ3v) is 3.56. The second kappa shape index (κ2) is 5.42. The highest BCUT2D eigenvalue weighted by Crippen LogP contribution is 2.26. The normalized spacial score (nSPS) is 23.4. The van der Waals surface area contributed by atoms with Crippen molar-refractivity contribution in [3.8, 4) is 0 Å². The van der Waals surface area contributed by atoms with Gasteiger partial charge >= 0.3 is 5.97 Å². The Bertz CT molecular complexity index is 526. The first-order chi connectivity index (χ1) is 9.01. The average molecular weight is 265 g/mol. The highest BCUT2D eigenvalue weighted by molar-refractivity contribution is 5.78. The molecule has 0 spiro atoms. The van der Waals surface area contributed by atoms with Gasteiger partial charge in [-0.2, -0.15) is 0 Å². The lowest BCUT2D eigenvalue weighted by Crippen LogP contribution is -2.47. The van der Waals surface area contributed by atoms with Gasteiger partial charge in [0.15, 0.2) is 0 Å². The molecule has 2 N–H and O–H groups in total. The quantitative estimate of drug-likeness (QED) is 0.852. The molecule has 0 amide bonds. The molecule has 0 aromatic carbocycles. The first-order valence-electron chi connectivity index (χ1n) is 6.61. The molecule has 2 atom stereocenters. The van der Waals surface area contributed by atoms with Crippen LogP contribution in [0.1, 0.15) is 32.5 Å². The van der Waals surface area contributed by atoms with E-state index < -0.39 is 12.0 Å². The van der Waals surface area contributed by atoms with E-state index in [1.807, 2.05) is 6.92 Å². The molecule has 0 bridgehead atoms. The summed E-state index contributed by atoms with van der Waals surface area (Å²) in [6.07, 6.45) is 2.12. The van der Waals surface area contributed by atoms with Crippen molar-refractivity contribution < 1.29 is 9.90 Å². The molecule has 1 aromatic rings. The number of piperidine rings is 1. The number of aromatic amines is 1. The van der Waals surface area contributed by atoms with Crippen LogP contribution >= 0.6 is 0 Å². The summed E-state index contributed by atoms with van der Waals surface area (Å²) >= 11 is 0. The molecule has 0 saturated carbocycles. The van der Waals surface area contributed by atoms with Gasteiger partial charge in [0, 0.05) is 19.0 Å². The second-order valence-electron chi connectivity index (χ2n) is 5.08. The van der Waals surface area contributed by atoms with E-state index in [2.05, 4.69) is 16.9 Å². The number of carbonyl (C=O) groups is 1. The number of nitrogens with zero attached hydrogens (tertiary/aromatic N) is 2. The van der Waals surface area contributed by atoms with Gasteiger partial charge in [0.1, 0.15) is 17.7 Å². The number of carboxylic acids is 1. The molecule has 2 unspecified atom stereocenters. The van der Waals surface area contributed by atoms with E-state index in [0.717, 1.165) is 6.42 Å². The lowest BCUT2D eigenvalue weighted by atomic mass is 9.92. The molecule has 2 heterocycles. The van der Waals surface area contributed by atoms with E-state index in [1.165, 1.54) is 6.07 Å². The van der Waals surface area contributed by atoms with Gasteiger partial charge < -0.3 is 15.0 Å². The highest BCUT2D eigenvalue weighted by Gasteiger charge is 2.32. The Morgan fingerprint density at radius 1 is 1.63 bits per heavy atom. The minimum atomic E-state index is -0.855. The van der Waals surface area contributed by atoms with Crippen molar-refractivity contribution >= 4 is 11.8 Å². The zero-order chi connectivity index (χ0) is 14.0. The number of hydrogen-bond acceptors (Lipinski definition) is 4. The van der Waals surface area contributed by atoms with E-state index in [-0.39, 0.29) is 5.56 Å². The van der Waals surface area contributed by atoms with Crippen LogP contribution in [-0.4, -0.2) is 33.6 Å². The van der Waals surface area contributed by atoms with Crippen LogP contribution in [0, 0.1) is 5.92 Å². The van der Waals surface area contributed by atoms with Crippen molar-refractivity contribution in [3.05, 3.63) is 22.2 Å². The molecule has 6 nitrogen and oxygen atoms in total. The van der Waals surface area contributed by atoms with Crippen LogP contribution in [0.3, 0.4) is 0 Å². The van der Waals surface area contributed by atoms with Gasteiger partial charge in [-0.15, -0.1) is 0 Å². The van der Waals surface area contributed by atoms with E-state index >= 15 is 0 Å². The minimum absolute atomic E-state index is 0.232. The van der Waals surface area contributed by atoms with Gasteiger partial charge in [-0.1, -0.05) is 13.8 Å². The number of aliphatic carboxylic acids is 1. The first kappa shape index (κ1) is 13.6. The molecule has 0 radical (unpaired) electrons. The summed E-state index contributed by atoms with van der Waals surface area (Å²) in [6, 6.07) is 0.785. The third kappa shape index (κ3) is 2.94. The summed E-state index contributed by atoms with van der Waals surface area (Å²) in [5.74, 6) is 0.585. The SMILES string of the molecule is CCc1nc(N2CCC(C)CC2C(=O)O)cc(=O)[nH]1. The molecule has 1 aliphatic heterocycles. The van der Waals surface area contributed by atoms with Crippen LogP contribution in [0.25, 0.3) is 0 Å². The Labute approximate surface area is 111 Å². The predicted molar refractivity (Wildman–Crippen MR) is 71.4 cm³/mol. The number of aryl methyl sites for hydroxylation is 1. The summed E-state index contributed by atoms with van der Waals surface area (Å²) in [6.45, 7) is 4.57. The fraction of sp³-hybridized carbons (Fsp3) is 0.615. The van der Waals surface area contributed by atoms with Crippen LogP contribution in [0.4, 0.5) is 5.82 Å². The Morgan fingerprint density at radius 2 is 2.37 bits per heavy atom. The summed E-state index contributed by atoms with van der Waals surface area (Å²) in [5.41, 5.74) is -0.232. The van der Waals surface area contributed by atoms with Crippen molar-refractivity contribution in [1.29, 1.82) is 0 Å². The smallest absolute Gasteiger partial charge is 0.326 e. The van der Waals surface area contributed by atoms with Crippen molar-refractivity contribution in [2.45, 2.75) is 39.2 Å². The summed E-state index contributed by atoms with van der Waals surface area (Å²) in [7, 11) is 0. The summed E-state index contributed by atoms with van der Waals surface area (Å²) in [4.78, 5) is 31.7. The van der Waals surface area contributed by atoms with Gasteiger partial charge in [-0.05, 0) is 18.8 Å². The Hall–Kier alpha value is -1.85. The van der Waals surface area contributed by atoms with Crippen LogP contribution in [0.15, 0.2) is 10.9 Å². The topological polar surface area (TPSA) is 86.3 Å². The third-order valence-electron chi connectivity index (χ3n) is 3.56. The van der Waals surface area contributed by atoms with Gasteiger partial charge in [-0.25, -0.2) is 9.78 Å². The molecule has 19 heavy (non-hydrogen) atoms. The molecule has 104 valence electrons. The summed E-state index contributed by atoms with van der Waals surface area (Å²) < 4.78 is 0. The number of hydrogen-bond donors (Lipinski definition) is 2. The lowest BCUT2D eigenvalue weighted by molar-refractivity contribution is -0.139. The number of aromatic nitrogens is 2. The molecular weight excluding hydrogens is 246 g/mol. The maximum Gasteiger partial charge on any atom is 0.326 e. The number of nitrogens with one attached hydrogen (secondary N) is 1. The van der Waals surface area contributed by atoms with Crippen molar-refractivity contribution in [3.63, 3.8) is 0 Å². The molecular formula is C13H19N3O3. The van der Waals surface area contributed by atoms with Crippen molar-refractivity contribution in [1.82, 2.24) is 9.97 Å². The maximum atomic E-state index is 11.6. The van der Waals surface area contributed by atoms with Gasteiger partial charge in [0.2, 0.25) is 0 Å².